The number of hydrogen-bond donors (Lipinski definition) is 1. The van der Waals surface area contributed by atoms with Gasteiger partial charge in [-0.3, -0.25) is 4.79 Å². The predicted octanol–water partition coefficient (Wildman–Crippen LogP) is -0.0374. The Morgan fingerprint density at radius 1 is 1.67 bits per heavy atom. The van der Waals surface area contributed by atoms with Gasteiger partial charge in [-0.1, -0.05) is 6.92 Å². The van der Waals surface area contributed by atoms with Crippen molar-refractivity contribution in [3.63, 3.8) is 0 Å². The van der Waals surface area contributed by atoms with Crippen molar-refractivity contribution < 1.29 is 4.79 Å². The second-order valence-electron chi connectivity index (χ2n) is 3.81. The van der Waals surface area contributed by atoms with E-state index in [2.05, 4.69) is 9.55 Å². The van der Waals surface area contributed by atoms with Gasteiger partial charge in [-0.2, -0.15) is 0 Å². The smallest absolute Gasteiger partial charge is 0.239 e. The van der Waals surface area contributed by atoms with Gasteiger partial charge >= 0.3 is 0 Å². The highest BCUT2D eigenvalue weighted by atomic mass is 16.2. The molecular weight excluding hydrogens is 192 g/mol. The Bertz CT molecular complexity index is 360. The van der Waals surface area contributed by atoms with Crippen molar-refractivity contribution in [1.29, 1.82) is 0 Å². The number of imidazole rings is 1. The lowest BCUT2D eigenvalue weighted by Gasteiger charge is -2.29. The first-order valence-electron chi connectivity index (χ1n) is 5.26. The summed E-state index contributed by atoms with van der Waals surface area (Å²) in [5.41, 5.74) is 5.72. The summed E-state index contributed by atoms with van der Waals surface area (Å²) in [5.74, 6) is 0.977. The van der Waals surface area contributed by atoms with Gasteiger partial charge in [0, 0.05) is 25.5 Å². The van der Waals surface area contributed by atoms with E-state index >= 15 is 0 Å². The van der Waals surface area contributed by atoms with E-state index < -0.39 is 0 Å². The second-order valence-corrected chi connectivity index (χ2v) is 3.81. The molecule has 15 heavy (non-hydrogen) atoms. The Morgan fingerprint density at radius 2 is 2.47 bits per heavy atom. The highest BCUT2D eigenvalue weighted by Crippen LogP contribution is 2.11. The SMILES string of the molecule is CCC(N)C(=O)N1CCn2ccnc2C1. The fraction of sp³-hybridized carbons (Fsp3) is 0.600. The van der Waals surface area contributed by atoms with Gasteiger partial charge in [-0.15, -0.1) is 0 Å². The van der Waals surface area contributed by atoms with Crippen LogP contribution in [0, 0.1) is 0 Å². The molecule has 1 aromatic rings. The van der Waals surface area contributed by atoms with Crippen molar-refractivity contribution >= 4 is 5.91 Å². The molecule has 1 amide bonds. The summed E-state index contributed by atoms with van der Waals surface area (Å²) in [6, 6.07) is -0.369. The summed E-state index contributed by atoms with van der Waals surface area (Å²) in [4.78, 5) is 17.8. The van der Waals surface area contributed by atoms with Gasteiger partial charge < -0.3 is 15.2 Å². The normalized spacial score (nSPS) is 17.3. The first-order chi connectivity index (χ1) is 7.22. The molecule has 0 saturated heterocycles. The van der Waals surface area contributed by atoms with Crippen LogP contribution in [0.25, 0.3) is 0 Å². The number of carbonyl (C=O) groups is 1. The molecule has 1 aliphatic rings. The van der Waals surface area contributed by atoms with Crippen molar-refractivity contribution in [2.45, 2.75) is 32.5 Å². The van der Waals surface area contributed by atoms with Gasteiger partial charge in [0.05, 0.1) is 12.6 Å². The molecule has 0 fully saturated rings. The van der Waals surface area contributed by atoms with Crippen LogP contribution in [-0.4, -0.2) is 32.9 Å². The average Bonchev–Trinajstić information content (AvgIpc) is 2.73. The number of nitrogens with two attached hydrogens (primary N) is 1. The quantitative estimate of drug-likeness (QED) is 0.742. The summed E-state index contributed by atoms with van der Waals surface area (Å²) in [5, 5.41) is 0. The van der Waals surface area contributed by atoms with Crippen molar-refractivity contribution in [2.75, 3.05) is 6.54 Å². The maximum absolute atomic E-state index is 11.8. The molecule has 0 bridgehead atoms. The van der Waals surface area contributed by atoms with Gasteiger partial charge in [0.15, 0.2) is 0 Å². The standard InChI is InChI=1S/C10H16N4O/c1-2-8(11)10(15)14-6-5-13-4-3-12-9(13)7-14/h3-4,8H,2,5-7,11H2,1H3. The monoisotopic (exact) mass is 208 g/mol. The van der Waals surface area contributed by atoms with Crippen LogP contribution in [0.2, 0.25) is 0 Å². The summed E-state index contributed by atoms with van der Waals surface area (Å²) >= 11 is 0. The molecule has 0 spiro atoms. The molecule has 0 aliphatic carbocycles. The highest BCUT2D eigenvalue weighted by Gasteiger charge is 2.24. The zero-order valence-corrected chi connectivity index (χ0v) is 8.89. The number of nitrogens with zero attached hydrogens (tertiary/aromatic N) is 3. The van der Waals surface area contributed by atoms with E-state index in [0.29, 0.717) is 13.0 Å². The van der Waals surface area contributed by atoms with Crippen molar-refractivity contribution in [2.24, 2.45) is 5.73 Å². The highest BCUT2D eigenvalue weighted by molar-refractivity contribution is 5.81. The third-order valence-corrected chi connectivity index (χ3v) is 2.81. The van der Waals surface area contributed by atoms with E-state index in [0.717, 1.165) is 18.9 Å². The molecule has 1 aliphatic heterocycles. The van der Waals surface area contributed by atoms with Gasteiger partial charge in [0.1, 0.15) is 5.82 Å². The van der Waals surface area contributed by atoms with Crippen molar-refractivity contribution in [3.8, 4) is 0 Å². The van der Waals surface area contributed by atoms with Gasteiger partial charge in [0.2, 0.25) is 5.91 Å². The summed E-state index contributed by atoms with van der Waals surface area (Å²) in [6.45, 7) is 4.06. The van der Waals surface area contributed by atoms with E-state index in [-0.39, 0.29) is 11.9 Å². The van der Waals surface area contributed by atoms with Crippen LogP contribution in [0.1, 0.15) is 19.2 Å². The Kier molecular flexibility index (Phi) is 2.73. The fourth-order valence-electron chi connectivity index (χ4n) is 1.77. The lowest BCUT2D eigenvalue weighted by atomic mass is 10.2. The maximum atomic E-state index is 11.8. The number of aromatic nitrogens is 2. The molecule has 2 rings (SSSR count). The number of fused-ring (bicyclic) bond motifs is 1. The maximum Gasteiger partial charge on any atom is 0.239 e. The second kappa shape index (κ2) is 4.02. The molecule has 0 saturated carbocycles. The van der Waals surface area contributed by atoms with Crippen LogP contribution in [-0.2, 0) is 17.9 Å². The third kappa shape index (κ3) is 1.87. The number of rotatable bonds is 2. The van der Waals surface area contributed by atoms with Gasteiger partial charge in [-0.05, 0) is 6.42 Å². The molecule has 0 aromatic carbocycles. The summed E-state index contributed by atoms with van der Waals surface area (Å²) < 4.78 is 2.07. The molecule has 1 unspecified atom stereocenters. The molecule has 82 valence electrons. The van der Waals surface area contributed by atoms with Crippen LogP contribution >= 0.6 is 0 Å². The first kappa shape index (κ1) is 10.2. The molecule has 5 heteroatoms. The molecule has 2 heterocycles. The largest absolute Gasteiger partial charge is 0.332 e. The van der Waals surface area contributed by atoms with Crippen LogP contribution < -0.4 is 5.73 Å². The molecule has 1 atom stereocenters. The summed E-state index contributed by atoms with van der Waals surface area (Å²) in [6.07, 6.45) is 4.39. The number of carbonyl (C=O) groups excluding carboxylic acids is 1. The Balaban J connectivity index is 2.06. The van der Waals surface area contributed by atoms with Crippen LogP contribution in [0.5, 0.6) is 0 Å². The van der Waals surface area contributed by atoms with E-state index in [1.165, 1.54) is 0 Å². The van der Waals surface area contributed by atoms with E-state index in [1.807, 2.05) is 13.1 Å². The topological polar surface area (TPSA) is 64.2 Å². The number of amides is 1. The zero-order valence-electron chi connectivity index (χ0n) is 8.89. The molecule has 5 nitrogen and oxygen atoms in total. The van der Waals surface area contributed by atoms with Gasteiger partial charge in [0.25, 0.3) is 0 Å². The van der Waals surface area contributed by atoms with Crippen LogP contribution in [0.15, 0.2) is 12.4 Å². The minimum atomic E-state index is -0.369. The minimum absolute atomic E-state index is 0.0340. The zero-order chi connectivity index (χ0) is 10.8. The summed E-state index contributed by atoms with van der Waals surface area (Å²) in [7, 11) is 0. The lowest BCUT2D eigenvalue weighted by Crippen LogP contribution is -2.46. The predicted molar refractivity (Wildman–Crippen MR) is 55.9 cm³/mol. The third-order valence-electron chi connectivity index (χ3n) is 2.81. The van der Waals surface area contributed by atoms with E-state index in [4.69, 9.17) is 5.73 Å². The van der Waals surface area contributed by atoms with Gasteiger partial charge in [-0.25, -0.2) is 4.98 Å². The van der Waals surface area contributed by atoms with Crippen LogP contribution in [0.3, 0.4) is 0 Å². The van der Waals surface area contributed by atoms with Crippen molar-refractivity contribution in [3.05, 3.63) is 18.2 Å². The van der Waals surface area contributed by atoms with Crippen molar-refractivity contribution in [1.82, 2.24) is 14.5 Å². The molecular formula is C10H16N4O. The molecule has 0 radical (unpaired) electrons. The number of hydrogen-bond acceptors (Lipinski definition) is 3. The lowest BCUT2D eigenvalue weighted by molar-refractivity contribution is -0.134. The van der Waals surface area contributed by atoms with E-state index in [1.54, 1.807) is 11.1 Å². The molecule has 1 aromatic heterocycles. The Hall–Kier alpha value is -1.36. The fourth-order valence-corrected chi connectivity index (χ4v) is 1.77. The first-order valence-corrected chi connectivity index (χ1v) is 5.26. The van der Waals surface area contributed by atoms with Crippen LogP contribution in [0.4, 0.5) is 0 Å². The minimum Gasteiger partial charge on any atom is -0.332 e. The van der Waals surface area contributed by atoms with E-state index in [9.17, 15) is 4.79 Å². The molecule has 2 N–H and O–H groups in total. The average molecular weight is 208 g/mol. The Morgan fingerprint density at radius 3 is 3.20 bits per heavy atom. The Labute approximate surface area is 88.9 Å².